The van der Waals surface area contributed by atoms with Crippen LogP contribution in [-0.4, -0.2) is 11.7 Å². The fourth-order valence-corrected chi connectivity index (χ4v) is 6.75. The van der Waals surface area contributed by atoms with E-state index in [-0.39, 0.29) is 24.1 Å². The minimum Gasteiger partial charge on any atom is -1.00 e. The molecule has 0 spiro atoms. The van der Waals surface area contributed by atoms with Gasteiger partial charge in [0.2, 0.25) is 0 Å². The van der Waals surface area contributed by atoms with Crippen LogP contribution in [-0.2, 0) is 4.79 Å². The zero-order chi connectivity index (χ0) is 17.5. The van der Waals surface area contributed by atoms with E-state index in [4.69, 9.17) is 11.6 Å². The van der Waals surface area contributed by atoms with Gasteiger partial charge in [0.15, 0.2) is 5.78 Å². The summed E-state index contributed by atoms with van der Waals surface area (Å²) in [6, 6.07) is 31.2. The van der Waals surface area contributed by atoms with E-state index in [1.807, 2.05) is 54.6 Å². The first-order chi connectivity index (χ1) is 12.3. The quantitative estimate of drug-likeness (QED) is 0.346. The first-order valence-corrected chi connectivity index (χ1v) is 10.5. The third kappa shape index (κ3) is 4.24. The molecular formula is C22H19Cl2OP. The summed E-state index contributed by atoms with van der Waals surface area (Å²) in [5.74, 6) is 2.00. The van der Waals surface area contributed by atoms with Crippen LogP contribution in [0.15, 0.2) is 103 Å². The molecule has 0 aromatic heterocycles. The zero-order valence-corrected chi connectivity index (χ0v) is 16.5. The number of halogens is 2. The molecule has 0 heterocycles. The number of benzene rings is 3. The maximum absolute atomic E-state index is 12.0. The van der Waals surface area contributed by atoms with Crippen molar-refractivity contribution in [3.63, 3.8) is 0 Å². The molecule has 3 aromatic carbocycles. The highest BCUT2D eigenvalue weighted by Gasteiger charge is 2.43. The number of carbonyl (C=O) groups excluding carboxylic acids is 1. The molecule has 0 atom stereocenters. The summed E-state index contributed by atoms with van der Waals surface area (Å²) in [5, 5.41) is 3.64. The third-order valence-electron chi connectivity index (χ3n) is 4.11. The second-order valence-electron chi connectivity index (χ2n) is 5.65. The molecule has 1 nitrogen and oxygen atoms in total. The maximum atomic E-state index is 12.0. The SMILES string of the molecule is O=C(C=C[P+](c1ccccc1)(c1ccccc1)c1ccccc1)CCl.[Cl-]. The summed E-state index contributed by atoms with van der Waals surface area (Å²) in [4.78, 5) is 12.0. The first-order valence-electron chi connectivity index (χ1n) is 8.11. The molecule has 132 valence electrons. The Bertz CT molecular complexity index is 752. The Kier molecular flexibility index (Phi) is 7.60. The molecule has 0 saturated heterocycles. The third-order valence-corrected chi connectivity index (χ3v) is 8.30. The van der Waals surface area contributed by atoms with Crippen molar-refractivity contribution in [1.82, 2.24) is 0 Å². The summed E-state index contributed by atoms with van der Waals surface area (Å²) in [6.45, 7) is 0. The van der Waals surface area contributed by atoms with Crippen molar-refractivity contribution in [1.29, 1.82) is 0 Å². The molecule has 0 radical (unpaired) electrons. The standard InChI is InChI=1S/C22H19ClOP.ClH/c23-18-19(24)16-17-25(20-10-4-1-5-11-20,21-12-6-2-7-13-21)22-14-8-3-9-15-22;/h1-17H,18H2;1H/q+1;/p-1. The second-order valence-corrected chi connectivity index (χ2v) is 9.21. The fraction of sp³-hybridized carbons (Fsp3) is 0.0455. The Labute approximate surface area is 166 Å². The van der Waals surface area contributed by atoms with Crippen LogP contribution in [0.4, 0.5) is 0 Å². The van der Waals surface area contributed by atoms with E-state index < -0.39 is 7.26 Å². The van der Waals surface area contributed by atoms with Crippen LogP contribution in [0.5, 0.6) is 0 Å². The van der Waals surface area contributed by atoms with Crippen LogP contribution in [0.2, 0.25) is 0 Å². The Morgan fingerprint density at radius 3 is 1.38 bits per heavy atom. The lowest BCUT2D eigenvalue weighted by Gasteiger charge is -2.23. The molecule has 3 aromatic rings. The maximum Gasteiger partial charge on any atom is 0.173 e. The van der Waals surface area contributed by atoms with Crippen LogP contribution in [0.3, 0.4) is 0 Å². The lowest BCUT2D eigenvalue weighted by atomic mass is 10.4. The normalized spacial score (nSPS) is 11.1. The van der Waals surface area contributed by atoms with Crippen molar-refractivity contribution in [2.75, 3.05) is 5.88 Å². The highest BCUT2D eigenvalue weighted by atomic mass is 35.5. The predicted molar refractivity (Wildman–Crippen MR) is 110 cm³/mol. The van der Waals surface area contributed by atoms with Crippen molar-refractivity contribution in [2.24, 2.45) is 0 Å². The van der Waals surface area contributed by atoms with Gasteiger partial charge < -0.3 is 12.4 Å². The fourth-order valence-electron chi connectivity index (χ4n) is 2.93. The van der Waals surface area contributed by atoms with Gasteiger partial charge in [0, 0.05) is 6.08 Å². The van der Waals surface area contributed by atoms with Crippen LogP contribution >= 0.6 is 18.9 Å². The molecule has 4 heteroatoms. The Hall–Kier alpha value is -1.92. The number of alkyl halides is 1. The van der Waals surface area contributed by atoms with E-state index in [9.17, 15) is 4.79 Å². The molecule has 0 fully saturated rings. The van der Waals surface area contributed by atoms with E-state index >= 15 is 0 Å². The van der Waals surface area contributed by atoms with E-state index in [2.05, 4.69) is 42.2 Å². The number of allylic oxidation sites excluding steroid dienone is 1. The number of rotatable bonds is 6. The van der Waals surface area contributed by atoms with Crippen LogP contribution < -0.4 is 28.3 Å². The molecule has 0 aliphatic rings. The van der Waals surface area contributed by atoms with E-state index in [1.165, 1.54) is 15.9 Å². The van der Waals surface area contributed by atoms with Gasteiger partial charge in [0.1, 0.15) is 23.2 Å². The average molecular weight is 401 g/mol. The van der Waals surface area contributed by atoms with Crippen LogP contribution in [0, 0.1) is 0 Å². The smallest absolute Gasteiger partial charge is 0.173 e. The van der Waals surface area contributed by atoms with Gasteiger partial charge in [0.25, 0.3) is 0 Å². The highest BCUT2D eigenvalue weighted by molar-refractivity contribution is 7.98. The Balaban J connectivity index is 0.00000243. The molecule has 0 aliphatic heterocycles. The van der Waals surface area contributed by atoms with Gasteiger partial charge in [-0.3, -0.25) is 4.79 Å². The van der Waals surface area contributed by atoms with E-state index in [0.29, 0.717) is 0 Å². The van der Waals surface area contributed by atoms with Crippen molar-refractivity contribution in [3.8, 4) is 0 Å². The van der Waals surface area contributed by atoms with Gasteiger partial charge >= 0.3 is 0 Å². The van der Waals surface area contributed by atoms with Gasteiger partial charge in [-0.25, -0.2) is 0 Å². The van der Waals surface area contributed by atoms with Gasteiger partial charge in [-0.2, -0.15) is 0 Å². The minimum absolute atomic E-state index is 0. The number of carbonyl (C=O) groups is 1. The average Bonchev–Trinajstić information content (AvgIpc) is 2.71. The largest absolute Gasteiger partial charge is 1.00 e. The van der Waals surface area contributed by atoms with Crippen molar-refractivity contribution >= 4 is 40.6 Å². The van der Waals surface area contributed by atoms with Gasteiger partial charge in [-0.15, -0.1) is 11.6 Å². The topological polar surface area (TPSA) is 17.1 Å². The van der Waals surface area contributed by atoms with Gasteiger partial charge in [-0.05, 0) is 36.4 Å². The highest BCUT2D eigenvalue weighted by Crippen LogP contribution is 2.56. The van der Waals surface area contributed by atoms with Gasteiger partial charge in [-0.1, -0.05) is 54.6 Å². The predicted octanol–water partition coefficient (Wildman–Crippen LogP) is 1.31. The second kappa shape index (κ2) is 9.69. The molecule has 3 rings (SSSR count). The van der Waals surface area contributed by atoms with Crippen molar-refractivity contribution in [3.05, 3.63) is 103 Å². The molecule has 0 amide bonds. The number of hydrogen-bond donors (Lipinski definition) is 0. The van der Waals surface area contributed by atoms with E-state index in [1.54, 1.807) is 6.08 Å². The van der Waals surface area contributed by atoms with Gasteiger partial charge in [0.05, 0.1) is 11.7 Å². The lowest BCUT2D eigenvalue weighted by molar-refractivity contribution is -0.112. The molecule has 0 unspecified atom stereocenters. The zero-order valence-electron chi connectivity index (χ0n) is 14.1. The molecule has 0 aliphatic carbocycles. The van der Waals surface area contributed by atoms with Crippen molar-refractivity contribution in [2.45, 2.75) is 0 Å². The summed E-state index contributed by atoms with van der Waals surface area (Å²) in [6.07, 6.45) is 1.65. The number of hydrogen-bond acceptors (Lipinski definition) is 1. The Morgan fingerprint density at radius 1 is 0.731 bits per heavy atom. The summed E-state index contributed by atoms with van der Waals surface area (Å²) in [5.41, 5.74) is 0. The molecule has 26 heavy (non-hydrogen) atoms. The van der Waals surface area contributed by atoms with E-state index in [0.717, 1.165) is 0 Å². The molecule has 0 N–H and O–H groups in total. The summed E-state index contributed by atoms with van der Waals surface area (Å²) >= 11 is 5.73. The lowest BCUT2D eigenvalue weighted by Crippen LogP contribution is -3.00. The molecular weight excluding hydrogens is 382 g/mol. The summed E-state index contributed by atoms with van der Waals surface area (Å²) < 4.78 is 0. The molecule has 0 bridgehead atoms. The minimum atomic E-state index is -2.08. The number of ketones is 1. The first kappa shape index (κ1) is 20.4. The summed E-state index contributed by atoms with van der Waals surface area (Å²) in [7, 11) is -2.08. The Morgan fingerprint density at radius 2 is 1.08 bits per heavy atom. The van der Waals surface area contributed by atoms with Crippen LogP contribution in [0.25, 0.3) is 0 Å². The molecule has 0 saturated carbocycles. The van der Waals surface area contributed by atoms with Crippen LogP contribution in [0.1, 0.15) is 0 Å². The van der Waals surface area contributed by atoms with Crippen molar-refractivity contribution < 1.29 is 17.2 Å². The monoisotopic (exact) mass is 400 g/mol.